The van der Waals surface area contributed by atoms with Crippen LogP contribution in [-0.4, -0.2) is 29.9 Å². The fourth-order valence-electron chi connectivity index (χ4n) is 4.48. The number of benzene rings is 2. The average Bonchev–Trinajstić information content (AvgIpc) is 2.86. The van der Waals surface area contributed by atoms with E-state index in [1.807, 2.05) is 25.1 Å². The zero-order chi connectivity index (χ0) is 23.6. The highest BCUT2D eigenvalue weighted by molar-refractivity contribution is 5.99. The van der Waals surface area contributed by atoms with Crippen molar-refractivity contribution >= 4 is 11.1 Å². The first-order valence-corrected chi connectivity index (χ1v) is 12.0. The molecule has 174 valence electrons. The molecule has 0 unspecified atom stereocenters. The second-order valence-corrected chi connectivity index (χ2v) is 8.72. The lowest BCUT2D eigenvalue weighted by molar-refractivity contribution is 0.290. The highest BCUT2D eigenvalue weighted by Crippen LogP contribution is 2.37. The van der Waals surface area contributed by atoms with E-state index >= 15 is 0 Å². The molecule has 1 aliphatic rings. The second-order valence-electron chi connectivity index (χ2n) is 8.72. The number of hydrogen-bond acceptors (Lipinski definition) is 3. The normalized spacial score (nSPS) is 16.2. The molecule has 1 fully saturated rings. The Morgan fingerprint density at radius 1 is 1.06 bits per heavy atom. The van der Waals surface area contributed by atoms with Crippen molar-refractivity contribution < 1.29 is 10.2 Å². The predicted molar refractivity (Wildman–Crippen MR) is 140 cm³/mol. The molecule has 0 aliphatic carbocycles. The smallest absolute Gasteiger partial charge is 0.118 e. The van der Waals surface area contributed by atoms with Crippen molar-refractivity contribution in [2.45, 2.75) is 39.5 Å². The third-order valence-electron chi connectivity index (χ3n) is 6.43. The van der Waals surface area contributed by atoms with Crippen molar-refractivity contribution in [1.82, 2.24) is 5.32 Å². The first kappa shape index (κ1) is 24.8. The van der Waals surface area contributed by atoms with Gasteiger partial charge in [0.05, 0.1) is 0 Å². The Labute approximate surface area is 198 Å². The Balaban J connectivity index is 2.11. The summed E-state index contributed by atoms with van der Waals surface area (Å²) in [5, 5.41) is 23.2. The molecule has 0 saturated carbocycles. The second kappa shape index (κ2) is 12.4. The van der Waals surface area contributed by atoms with Gasteiger partial charge < -0.3 is 15.5 Å². The molecule has 0 atom stereocenters. The molecule has 3 N–H and O–H groups in total. The Morgan fingerprint density at radius 2 is 1.79 bits per heavy atom. The van der Waals surface area contributed by atoms with Gasteiger partial charge in [0.15, 0.2) is 0 Å². The van der Waals surface area contributed by atoms with Crippen LogP contribution in [0, 0.1) is 12.8 Å². The first-order valence-electron chi connectivity index (χ1n) is 12.0. The number of rotatable bonds is 9. The molecule has 0 aromatic heterocycles. The maximum Gasteiger partial charge on any atom is 0.118 e. The molecule has 3 heteroatoms. The van der Waals surface area contributed by atoms with Gasteiger partial charge in [-0.25, -0.2) is 0 Å². The lowest BCUT2D eigenvalue weighted by Gasteiger charge is -2.23. The van der Waals surface area contributed by atoms with Gasteiger partial charge in [0, 0.05) is 6.61 Å². The average molecular weight is 444 g/mol. The zero-order valence-electron chi connectivity index (χ0n) is 20.0. The van der Waals surface area contributed by atoms with Crippen molar-refractivity contribution in [2.75, 3.05) is 19.7 Å². The van der Waals surface area contributed by atoms with Gasteiger partial charge in [-0.15, -0.1) is 0 Å². The van der Waals surface area contributed by atoms with Gasteiger partial charge in [-0.3, -0.25) is 0 Å². The van der Waals surface area contributed by atoms with Crippen LogP contribution in [0.1, 0.15) is 49.3 Å². The van der Waals surface area contributed by atoms with Gasteiger partial charge in [-0.2, -0.15) is 0 Å². The van der Waals surface area contributed by atoms with Crippen LogP contribution in [0.3, 0.4) is 0 Å². The summed E-state index contributed by atoms with van der Waals surface area (Å²) in [5.41, 5.74) is 7.68. The maximum atomic E-state index is 10.1. The highest BCUT2D eigenvalue weighted by atomic mass is 16.3. The van der Waals surface area contributed by atoms with Gasteiger partial charge in [-0.05, 0) is 104 Å². The fourth-order valence-corrected chi connectivity index (χ4v) is 4.48. The van der Waals surface area contributed by atoms with Crippen LogP contribution < -0.4 is 5.32 Å². The summed E-state index contributed by atoms with van der Waals surface area (Å²) in [6.45, 7) is 10.6. The van der Waals surface area contributed by atoms with Crippen LogP contribution in [0.15, 0.2) is 84.5 Å². The maximum absolute atomic E-state index is 10.1. The molecule has 3 rings (SSSR count). The number of nitrogens with one attached hydrogen (secondary N) is 1. The SMILES string of the molecule is C=C(\C=C/C(=C\C)C(=C(/CCCO)c1ccccc1)/c1ccc(O)c(C)c1)C1CCNCC1. The molecular weight excluding hydrogens is 406 g/mol. The molecule has 1 saturated heterocycles. The standard InChI is InChI=1S/C30H37NO2/c1-4-24(13-12-22(2)25-16-18-31-19-17-25)30(27-14-15-29(33)23(3)21-27)28(11-8-20-32)26-9-6-5-7-10-26/h4-7,9-10,12-15,21,25,31-33H,2,8,11,16-20H2,1,3H3/b13-12-,24-4+,30-28+. The van der Waals surface area contributed by atoms with Crippen LogP contribution >= 0.6 is 0 Å². The largest absolute Gasteiger partial charge is 0.508 e. The number of phenolic OH excluding ortho intramolecular Hbond substituents is 1. The lowest BCUT2D eigenvalue weighted by atomic mass is 9.85. The van der Waals surface area contributed by atoms with E-state index in [0.29, 0.717) is 18.1 Å². The topological polar surface area (TPSA) is 52.5 Å². The number of hydrogen-bond donors (Lipinski definition) is 3. The van der Waals surface area contributed by atoms with Gasteiger partial charge in [0.1, 0.15) is 5.75 Å². The summed E-state index contributed by atoms with van der Waals surface area (Å²) in [4.78, 5) is 0. The number of aliphatic hydroxyl groups is 1. The van der Waals surface area contributed by atoms with Crippen molar-refractivity contribution in [3.63, 3.8) is 0 Å². The summed E-state index contributed by atoms with van der Waals surface area (Å²) in [6, 6.07) is 16.2. The van der Waals surface area contributed by atoms with E-state index in [1.54, 1.807) is 6.07 Å². The van der Waals surface area contributed by atoms with E-state index in [4.69, 9.17) is 0 Å². The molecule has 0 spiro atoms. The van der Waals surface area contributed by atoms with E-state index in [-0.39, 0.29) is 6.61 Å². The summed E-state index contributed by atoms with van der Waals surface area (Å²) in [6.07, 6.45) is 10.2. The Hall–Kier alpha value is -2.88. The number of piperidine rings is 1. The highest BCUT2D eigenvalue weighted by Gasteiger charge is 2.17. The van der Waals surface area contributed by atoms with Crippen LogP contribution in [0.5, 0.6) is 5.75 Å². The Kier molecular flexibility index (Phi) is 9.29. The van der Waals surface area contributed by atoms with Crippen LogP contribution in [0.4, 0.5) is 0 Å². The number of aryl methyl sites for hydroxylation is 1. The molecule has 3 nitrogen and oxygen atoms in total. The molecular formula is C30H37NO2. The Bertz CT molecular complexity index is 1020. The van der Waals surface area contributed by atoms with Gasteiger partial charge >= 0.3 is 0 Å². The van der Waals surface area contributed by atoms with Crippen LogP contribution in [-0.2, 0) is 0 Å². The molecule has 33 heavy (non-hydrogen) atoms. The van der Waals surface area contributed by atoms with E-state index in [9.17, 15) is 10.2 Å². The lowest BCUT2D eigenvalue weighted by Crippen LogP contribution is -2.28. The quantitative estimate of drug-likeness (QED) is 0.309. The summed E-state index contributed by atoms with van der Waals surface area (Å²) in [5.74, 6) is 0.818. The zero-order valence-corrected chi connectivity index (χ0v) is 20.0. The first-order chi connectivity index (χ1) is 16.0. The molecule has 0 amide bonds. The number of phenols is 1. The number of allylic oxidation sites excluding steroid dienone is 7. The summed E-state index contributed by atoms with van der Waals surface area (Å²) >= 11 is 0. The third-order valence-corrected chi connectivity index (χ3v) is 6.43. The molecule has 2 aromatic carbocycles. The van der Waals surface area contributed by atoms with Gasteiger partial charge in [0.25, 0.3) is 0 Å². The van der Waals surface area contributed by atoms with E-state index < -0.39 is 0 Å². The number of aliphatic hydroxyl groups excluding tert-OH is 1. The van der Waals surface area contributed by atoms with E-state index in [0.717, 1.165) is 60.2 Å². The van der Waals surface area contributed by atoms with Crippen molar-refractivity contribution in [2.24, 2.45) is 5.92 Å². The van der Waals surface area contributed by atoms with E-state index in [1.165, 1.54) is 11.1 Å². The monoisotopic (exact) mass is 443 g/mol. The number of aromatic hydroxyl groups is 1. The predicted octanol–water partition coefficient (Wildman–Crippen LogP) is 6.44. The minimum Gasteiger partial charge on any atom is -0.508 e. The van der Waals surface area contributed by atoms with Crippen LogP contribution in [0.2, 0.25) is 0 Å². The molecule has 0 bridgehead atoms. The Morgan fingerprint density at radius 3 is 2.42 bits per heavy atom. The molecule has 1 heterocycles. The molecule has 1 aliphatic heterocycles. The summed E-state index contributed by atoms with van der Waals surface area (Å²) < 4.78 is 0. The summed E-state index contributed by atoms with van der Waals surface area (Å²) in [7, 11) is 0. The van der Waals surface area contributed by atoms with Crippen LogP contribution in [0.25, 0.3) is 11.1 Å². The van der Waals surface area contributed by atoms with Gasteiger partial charge in [-0.1, -0.05) is 66.8 Å². The third kappa shape index (κ3) is 6.56. The molecule has 2 aromatic rings. The van der Waals surface area contributed by atoms with Gasteiger partial charge in [0.2, 0.25) is 0 Å². The fraction of sp³-hybridized carbons (Fsp3) is 0.333. The van der Waals surface area contributed by atoms with Crippen molar-refractivity contribution in [3.8, 4) is 5.75 Å². The van der Waals surface area contributed by atoms with Crippen molar-refractivity contribution in [3.05, 3.63) is 101 Å². The van der Waals surface area contributed by atoms with E-state index in [2.05, 4.69) is 61.3 Å². The minimum atomic E-state index is 0.145. The molecule has 0 radical (unpaired) electrons. The minimum absolute atomic E-state index is 0.145. The van der Waals surface area contributed by atoms with Crippen molar-refractivity contribution in [1.29, 1.82) is 0 Å².